The van der Waals surface area contributed by atoms with E-state index in [4.69, 9.17) is 37.0 Å². The largest absolute Gasteiger partial charge is 0.472 e. The lowest BCUT2D eigenvalue weighted by Crippen LogP contribution is -2.30. The van der Waals surface area contributed by atoms with E-state index in [9.17, 15) is 43.2 Å². The molecule has 0 aromatic carbocycles. The monoisotopic (exact) mass is 1380 g/mol. The molecule has 0 aromatic heterocycles. The predicted octanol–water partition coefficient (Wildman–Crippen LogP) is 21.7. The first-order valence-electron chi connectivity index (χ1n) is 38.8. The summed E-state index contributed by atoms with van der Waals surface area (Å²) in [6.45, 7) is 14.2. The molecule has 0 aliphatic carbocycles. The average molecular weight is 1380 g/mol. The Morgan fingerprint density at radius 1 is 0.298 bits per heavy atom. The Balaban J connectivity index is 5.27. The fraction of sp³-hybridized carbons (Fsp3) is 0.947. The van der Waals surface area contributed by atoms with Crippen LogP contribution in [0.2, 0.25) is 0 Å². The van der Waals surface area contributed by atoms with Crippen molar-refractivity contribution in [2.75, 3.05) is 39.6 Å². The van der Waals surface area contributed by atoms with Gasteiger partial charge in [0.25, 0.3) is 0 Å². The van der Waals surface area contributed by atoms with Crippen molar-refractivity contribution in [1.82, 2.24) is 0 Å². The number of carbonyl (C=O) groups is 4. The normalized spacial score (nSPS) is 15.0. The van der Waals surface area contributed by atoms with E-state index in [-0.39, 0.29) is 25.7 Å². The van der Waals surface area contributed by atoms with Crippen molar-refractivity contribution in [3.63, 3.8) is 0 Å². The number of aliphatic hydroxyl groups is 1. The molecule has 0 aliphatic rings. The number of unbranched alkanes of at least 4 members (excludes halogenated alkanes) is 35. The minimum Gasteiger partial charge on any atom is -0.462 e. The number of phosphoric ester groups is 2. The molecule has 0 fully saturated rings. The molecule has 0 amide bonds. The molecule has 19 heteroatoms. The molecular formula is C75H146O17P2. The van der Waals surface area contributed by atoms with Crippen LogP contribution in [0.4, 0.5) is 0 Å². The molecule has 0 spiro atoms. The number of esters is 4. The summed E-state index contributed by atoms with van der Waals surface area (Å²) in [6.07, 6.45) is 48.4. The highest BCUT2D eigenvalue weighted by atomic mass is 31.2. The van der Waals surface area contributed by atoms with Crippen molar-refractivity contribution in [1.29, 1.82) is 0 Å². The first-order chi connectivity index (χ1) is 45.2. The van der Waals surface area contributed by atoms with Crippen molar-refractivity contribution >= 4 is 39.5 Å². The second-order valence-corrected chi connectivity index (χ2v) is 31.1. The minimum atomic E-state index is -4.96. The Kier molecular flexibility index (Phi) is 63.1. The van der Waals surface area contributed by atoms with Gasteiger partial charge < -0.3 is 33.8 Å². The molecule has 94 heavy (non-hydrogen) atoms. The molecule has 0 heterocycles. The number of rotatable bonds is 72. The fourth-order valence-corrected chi connectivity index (χ4v) is 12.9. The van der Waals surface area contributed by atoms with E-state index in [0.717, 1.165) is 120 Å². The number of hydrogen-bond donors (Lipinski definition) is 3. The fourth-order valence-electron chi connectivity index (χ4n) is 11.3. The number of hydrogen-bond acceptors (Lipinski definition) is 15. The Morgan fingerprint density at radius 2 is 0.511 bits per heavy atom. The topological polar surface area (TPSA) is 237 Å². The molecule has 0 saturated heterocycles. The van der Waals surface area contributed by atoms with Crippen LogP contribution in [0.1, 0.15) is 376 Å². The van der Waals surface area contributed by atoms with Gasteiger partial charge in [-0.1, -0.05) is 325 Å². The highest BCUT2D eigenvalue weighted by Crippen LogP contribution is 2.45. The lowest BCUT2D eigenvalue weighted by molar-refractivity contribution is -0.161. The molecule has 17 nitrogen and oxygen atoms in total. The van der Waals surface area contributed by atoms with E-state index >= 15 is 0 Å². The van der Waals surface area contributed by atoms with Crippen LogP contribution in [0.3, 0.4) is 0 Å². The first kappa shape index (κ1) is 92.1. The molecule has 0 aromatic rings. The molecule has 0 radical (unpaired) electrons. The van der Waals surface area contributed by atoms with Gasteiger partial charge in [-0.3, -0.25) is 37.3 Å². The summed E-state index contributed by atoms with van der Waals surface area (Å²) in [5.41, 5.74) is 0. The van der Waals surface area contributed by atoms with Crippen molar-refractivity contribution in [2.24, 2.45) is 23.7 Å². The zero-order valence-electron chi connectivity index (χ0n) is 61.6. The van der Waals surface area contributed by atoms with Gasteiger partial charge in [0, 0.05) is 25.7 Å². The molecular weight excluding hydrogens is 1230 g/mol. The number of phosphoric acid groups is 2. The molecule has 8 atom stereocenters. The quantitative estimate of drug-likeness (QED) is 0.0222. The summed E-state index contributed by atoms with van der Waals surface area (Å²) in [5, 5.41) is 10.6. The second-order valence-electron chi connectivity index (χ2n) is 28.2. The summed E-state index contributed by atoms with van der Waals surface area (Å²) in [5.74, 6) is 1.01. The third-order valence-electron chi connectivity index (χ3n) is 18.4. The second kappa shape index (κ2) is 64.4. The van der Waals surface area contributed by atoms with Gasteiger partial charge in [0.15, 0.2) is 12.2 Å². The minimum absolute atomic E-state index is 0.105. The van der Waals surface area contributed by atoms with E-state index < -0.39 is 97.5 Å². The summed E-state index contributed by atoms with van der Waals surface area (Å²) in [7, 11) is -9.91. The third-order valence-corrected chi connectivity index (χ3v) is 20.3. The van der Waals surface area contributed by atoms with E-state index in [1.807, 2.05) is 0 Å². The third kappa shape index (κ3) is 64.7. The van der Waals surface area contributed by atoms with Crippen molar-refractivity contribution in [3.8, 4) is 0 Å². The summed E-state index contributed by atoms with van der Waals surface area (Å²) >= 11 is 0. The Bertz CT molecular complexity index is 1860. The van der Waals surface area contributed by atoms with Gasteiger partial charge in [-0.2, -0.15) is 0 Å². The van der Waals surface area contributed by atoms with Crippen molar-refractivity contribution < 1.29 is 80.2 Å². The Morgan fingerprint density at radius 3 is 0.755 bits per heavy atom. The smallest absolute Gasteiger partial charge is 0.462 e. The van der Waals surface area contributed by atoms with Crippen LogP contribution in [0.5, 0.6) is 0 Å². The summed E-state index contributed by atoms with van der Waals surface area (Å²) in [4.78, 5) is 72.8. The molecule has 0 aliphatic heterocycles. The van der Waals surface area contributed by atoms with Gasteiger partial charge in [0.1, 0.15) is 19.3 Å². The maximum Gasteiger partial charge on any atom is 0.472 e. The van der Waals surface area contributed by atoms with Crippen LogP contribution in [0.15, 0.2) is 0 Å². The van der Waals surface area contributed by atoms with Gasteiger partial charge >= 0.3 is 39.5 Å². The number of ether oxygens (including phenoxy) is 4. The lowest BCUT2D eigenvalue weighted by atomic mass is 9.99. The van der Waals surface area contributed by atoms with Crippen molar-refractivity contribution in [2.45, 2.75) is 395 Å². The number of carbonyl (C=O) groups excluding carboxylic acids is 4. The molecule has 0 saturated carbocycles. The van der Waals surface area contributed by atoms with Gasteiger partial charge in [-0.15, -0.1) is 0 Å². The van der Waals surface area contributed by atoms with Crippen LogP contribution in [0.25, 0.3) is 0 Å². The SMILES string of the molecule is CCC(C)CCCCCCCCCCCCC(=O)OC[C@H](COP(=O)(O)OC[C@@H](O)COP(=O)(O)OC[C@@H](COC(=O)CCCCCCCCC(C)CC)OC(=O)CCCCCCCCCCCCC(C)CC)OC(=O)CCCCCCCCCCCCCCCC(C)C. The highest BCUT2D eigenvalue weighted by molar-refractivity contribution is 7.47. The van der Waals surface area contributed by atoms with E-state index in [2.05, 4.69) is 55.4 Å². The zero-order chi connectivity index (χ0) is 69.6. The Hall–Kier alpha value is -1.94. The van der Waals surface area contributed by atoms with Gasteiger partial charge in [-0.25, -0.2) is 9.13 Å². The predicted molar refractivity (Wildman–Crippen MR) is 381 cm³/mol. The van der Waals surface area contributed by atoms with Crippen LogP contribution in [-0.4, -0.2) is 96.7 Å². The van der Waals surface area contributed by atoms with Crippen LogP contribution >= 0.6 is 15.6 Å². The molecule has 0 rings (SSSR count). The lowest BCUT2D eigenvalue weighted by Gasteiger charge is -2.21. The van der Waals surface area contributed by atoms with E-state index in [0.29, 0.717) is 25.7 Å². The molecule has 3 N–H and O–H groups in total. The summed E-state index contributed by atoms with van der Waals surface area (Å²) < 4.78 is 68.5. The molecule has 0 bridgehead atoms. The molecule has 5 unspecified atom stereocenters. The van der Waals surface area contributed by atoms with Crippen LogP contribution < -0.4 is 0 Å². The van der Waals surface area contributed by atoms with Gasteiger partial charge in [0.2, 0.25) is 0 Å². The van der Waals surface area contributed by atoms with E-state index in [1.165, 1.54) is 173 Å². The maximum absolute atomic E-state index is 13.1. The average Bonchev–Trinajstić information content (AvgIpc) is 1.26. The number of aliphatic hydroxyl groups excluding tert-OH is 1. The van der Waals surface area contributed by atoms with Crippen molar-refractivity contribution in [3.05, 3.63) is 0 Å². The summed E-state index contributed by atoms with van der Waals surface area (Å²) in [6, 6.07) is 0. The van der Waals surface area contributed by atoms with Gasteiger partial charge in [-0.05, 0) is 49.4 Å². The molecule has 558 valence electrons. The maximum atomic E-state index is 13.1. The van der Waals surface area contributed by atoms with Crippen LogP contribution in [0, 0.1) is 23.7 Å². The van der Waals surface area contributed by atoms with Gasteiger partial charge in [0.05, 0.1) is 26.4 Å². The van der Waals surface area contributed by atoms with E-state index in [1.54, 1.807) is 0 Å². The zero-order valence-corrected chi connectivity index (χ0v) is 63.4. The Labute approximate surface area is 575 Å². The van der Waals surface area contributed by atoms with Crippen LogP contribution in [-0.2, 0) is 65.4 Å². The standard InChI is InChI=1S/C75H146O17P2/c1-9-66(6)52-44-36-28-22-17-19-24-30-39-47-55-72(77)85-61-70(91-74(79)57-49-41-31-25-16-14-12-13-15-21-27-35-43-51-65(4)5)63-89-93(81,82)87-59-69(76)60-88-94(83,84)90-64-71(62-86-73(78)56-48-40-34-33-38-46-54-68(8)11-3)92-75(80)58-50-42-32-26-20-18-23-29-37-45-53-67(7)10-2/h65-71,76H,9-64H2,1-8H3,(H,81,82)(H,83,84)/t66?,67?,68?,69-,70-,71-/m1/s1. The first-order valence-corrected chi connectivity index (χ1v) is 41.8. The highest BCUT2D eigenvalue weighted by Gasteiger charge is 2.30.